The van der Waals surface area contributed by atoms with E-state index >= 15 is 0 Å². The number of hydrogen-bond donors (Lipinski definition) is 1. The molecule has 32 heavy (non-hydrogen) atoms. The van der Waals surface area contributed by atoms with Crippen LogP contribution in [-0.4, -0.2) is 57.8 Å². The van der Waals surface area contributed by atoms with Gasteiger partial charge in [0.1, 0.15) is 0 Å². The van der Waals surface area contributed by atoms with Crippen LogP contribution < -0.4 is 19.7 Å². The van der Waals surface area contributed by atoms with E-state index < -0.39 is 0 Å². The van der Waals surface area contributed by atoms with E-state index in [1.807, 2.05) is 13.0 Å². The smallest absolute Gasteiger partial charge is 0.255 e. The maximum Gasteiger partial charge on any atom is 0.255 e. The number of likely N-dealkylation sites (N-methyl/N-ethyl adjacent to an activating group) is 1. The molecule has 0 radical (unpaired) electrons. The Balaban J connectivity index is 1.71. The van der Waals surface area contributed by atoms with Crippen molar-refractivity contribution in [3.63, 3.8) is 0 Å². The van der Waals surface area contributed by atoms with Gasteiger partial charge in [0.05, 0.1) is 18.7 Å². The second-order valence-corrected chi connectivity index (χ2v) is 9.17. The summed E-state index contributed by atoms with van der Waals surface area (Å²) in [5.41, 5.74) is 3.40. The van der Waals surface area contributed by atoms with Crippen LogP contribution in [0.25, 0.3) is 0 Å². The molecule has 0 aromatic heterocycles. The van der Waals surface area contributed by atoms with Gasteiger partial charge in [-0.15, -0.1) is 0 Å². The van der Waals surface area contributed by atoms with Crippen molar-refractivity contribution < 1.29 is 14.3 Å². The monoisotopic (exact) mass is 459 g/mol. The van der Waals surface area contributed by atoms with Crippen LogP contribution in [0.2, 0.25) is 5.02 Å². The van der Waals surface area contributed by atoms with Gasteiger partial charge >= 0.3 is 0 Å². The lowest BCUT2D eigenvalue weighted by atomic mass is 10.1. The Morgan fingerprint density at radius 2 is 1.88 bits per heavy atom. The molecule has 1 saturated heterocycles. The zero-order valence-corrected chi connectivity index (χ0v) is 20.5. The Bertz CT molecular complexity index is 940. The number of hydrogen-bond acceptors (Lipinski definition) is 5. The second-order valence-electron chi connectivity index (χ2n) is 8.76. The van der Waals surface area contributed by atoms with Gasteiger partial charge in [0.25, 0.3) is 5.91 Å². The molecule has 2 aromatic rings. The fraction of sp³-hybridized carbons (Fsp3) is 0.480. The van der Waals surface area contributed by atoms with E-state index in [1.165, 1.54) is 5.69 Å². The number of amides is 1. The minimum absolute atomic E-state index is 0.241. The predicted molar refractivity (Wildman–Crippen MR) is 132 cm³/mol. The summed E-state index contributed by atoms with van der Waals surface area (Å²) in [6, 6.07) is 9.44. The van der Waals surface area contributed by atoms with E-state index in [0.29, 0.717) is 34.6 Å². The lowest BCUT2D eigenvalue weighted by molar-refractivity contribution is 0.102. The molecule has 174 valence electrons. The van der Waals surface area contributed by atoms with Gasteiger partial charge in [-0.1, -0.05) is 25.4 Å². The summed E-state index contributed by atoms with van der Waals surface area (Å²) in [5, 5.41) is 3.36. The van der Waals surface area contributed by atoms with E-state index in [4.69, 9.17) is 21.1 Å². The molecule has 3 rings (SSSR count). The number of halogens is 1. The van der Waals surface area contributed by atoms with Crippen molar-refractivity contribution in [1.29, 1.82) is 0 Å². The van der Waals surface area contributed by atoms with Gasteiger partial charge in [-0.3, -0.25) is 4.79 Å². The molecule has 6 nitrogen and oxygen atoms in total. The molecule has 2 aromatic carbocycles. The molecule has 0 unspecified atom stereocenters. The summed E-state index contributed by atoms with van der Waals surface area (Å²) in [4.78, 5) is 17.6. The van der Waals surface area contributed by atoms with E-state index in [1.54, 1.807) is 19.2 Å². The SMILES string of the molecule is COc1cc(C(=O)Nc2ccc(N3CCN(C)CC3)cc2C)cc(Cl)c1OCCC(C)C. The molecule has 1 heterocycles. The van der Waals surface area contributed by atoms with Crippen LogP contribution in [0.15, 0.2) is 30.3 Å². The molecule has 1 fully saturated rings. The lowest BCUT2D eigenvalue weighted by Gasteiger charge is -2.34. The second kappa shape index (κ2) is 10.9. The van der Waals surface area contributed by atoms with Gasteiger partial charge < -0.3 is 24.6 Å². The summed E-state index contributed by atoms with van der Waals surface area (Å²) in [6.45, 7) is 10.9. The third kappa shape index (κ3) is 6.08. The van der Waals surface area contributed by atoms with Gasteiger partial charge in [-0.05, 0) is 62.2 Å². The van der Waals surface area contributed by atoms with Crippen LogP contribution in [0.5, 0.6) is 11.5 Å². The van der Waals surface area contributed by atoms with Crippen molar-refractivity contribution in [2.75, 3.05) is 57.2 Å². The standard InChI is InChI=1S/C25H34ClN3O3/c1-17(2)8-13-32-24-21(26)15-19(16-23(24)31-5)25(30)27-22-7-6-20(14-18(22)3)29-11-9-28(4)10-12-29/h6-7,14-17H,8-13H2,1-5H3,(H,27,30). The maximum absolute atomic E-state index is 12.9. The summed E-state index contributed by atoms with van der Waals surface area (Å²) in [7, 11) is 3.69. The summed E-state index contributed by atoms with van der Waals surface area (Å²) < 4.78 is 11.3. The highest BCUT2D eigenvalue weighted by molar-refractivity contribution is 6.32. The molecule has 7 heteroatoms. The Morgan fingerprint density at radius 3 is 2.50 bits per heavy atom. The molecular formula is C25H34ClN3O3. The molecule has 0 atom stereocenters. The van der Waals surface area contributed by atoms with Crippen LogP contribution in [-0.2, 0) is 0 Å². The quantitative estimate of drug-likeness (QED) is 0.596. The number of carbonyl (C=O) groups is 1. The lowest BCUT2D eigenvalue weighted by Crippen LogP contribution is -2.44. The maximum atomic E-state index is 12.9. The van der Waals surface area contributed by atoms with Crippen molar-refractivity contribution in [3.8, 4) is 11.5 Å². The number of ether oxygens (including phenoxy) is 2. The first-order valence-corrected chi connectivity index (χ1v) is 11.5. The fourth-order valence-electron chi connectivity index (χ4n) is 3.63. The van der Waals surface area contributed by atoms with Gasteiger partial charge in [0.2, 0.25) is 0 Å². The summed E-state index contributed by atoms with van der Waals surface area (Å²) in [6.07, 6.45) is 0.908. The van der Waals surface area contributed by atoms with Crippen LogP contribution in [0, 0.1) is 12.8 Å². The topological polar surface area (TPSA) is 54.0 Å². The van der Waals surface area contributed by atoms with Gasteiger partial charge in [-0.2, -0.15) is 0 Å². The van der Waals surface area contributed by atoms with Crippen molar-refractivity contribution >= 4 is 28.9 Å². The number of carbonyl (C=O) groups excluding carboxylic acids is 1. The van der Waals surface area contributed by atoms with Crippen molar-refractivity contribution in [2.24, 2.45) is 5.92 Å². The molecule has 1 aliphatic rings. The van der Waals surface area contributed by atoms with Crippen LogP contribution in [0.3, 0.4) is 0 Å². The van der Waals surface area contributed by atoms with E-state index in [2.05, 4.69) is 48.1 Å². The van der Waals surface area contributed by atoms with E-state index in [0.717, 1.165) is 43.9 Å². The number of nitrogens with one attached hydrogen (secondary N) is 1. The largest absolute Gasteiger partial charge is 0.493 e. The zero-order valence-electron chi connectivity index (χ0n) is 19.7. The number of anilines is 2. The number of nitrogens with zero attached hydrogens (tertiary/aromatic N) is 2. The predicted octanol–water partition coefficient (Wildman–Crippen LogP) is 5.09. The first-order chi connectivity index (χ1) is 15.3. The normalized spacial score (nSPS) is 14.5. The minimum Gasteiger partial charge on any atom is -0.493 e. The number of rotatable bonds is 8. The Labute approximate surface area is 196 Å². The zero-order chi connectivity index (χ0) is 23.3. The van der Waals surface area contributed by atoms with E-state index in [9.17, 15) is 4.79 Å². The minimum atomic E-state index is -0.241. The molecule has 1 aliphatic heterocycles. The highest BCUT2D eigenvalue weighted by Crippen LogP contribution is 2.37. The number of aryl methyl sites for hydroxylation is 1. The van der Waals surface area contributed by atoms with Crippen molar-refractivity contribution in [1.82, 2.24) is 4.90 Å². The Kier molecular flexibility index (Phi) is 8.26. The Morgan fingerprint density at radius 1 is 1.16 bits per heavy atom. The highest BCUT2D eigenvalue weighted by atomic mass is 35.5. The van der Waals surface area contributed by atoms with Crippen LogP contribution in [0.4, 0.5) is 11.4 Å². The molecule has 1 N–H and O–H groups in total. The Hall–Kier alpha value is -2.44. The third-order valence-corrected chi connectivity index (χ3v) is 6.04. The van der Waals surface area contributed by atoms with Gasteiger partial charge in [-0.25, -0.2) is 0 Å². The molecule has 0 bridgehead atoms. The van der Waals surface area contributed by atoms with Gasteiger partial charge in [0, 0.05) is 43.1 Å². The number of piperazine rings is 1. The summed E-state index contributed by atoms with van der Waals surface area (Å²) >= 11 is 6.43. The fourth-order valence-corrected chi connectivity index (χ4v) is 3.90. The molecule has 0 spiro atoms. The van der Waals surface area contributed by atoms with E-state index in [-0.39, 0.29) is 5.91 Å². The van der Waals surface area contributed by atoms with Crippen LogP contribution >= 0.6 is 11.6 Å². The molecule has 1 amide bonds. The average molecular weight is 460 g/mol. The van der Waals surface area contributed by atoms with Crippen LogP contribution in [0.1, 0.15) is 36.2 Å². The van der Waals surface area contributed by atoms with Crippen molar-refractivity contribution in [3.05, 3.63) is 46.5 Å². The molecule has 0 saturated carbocycles. The first kappa shape index (κ1) is 24.2. The molecular weight excluding hydrogens is 426 g/mol. The number of methoxy groups -OCH3 is 1. The highest BCUT2D eigenvalue weighted by Gasteiger charge is 2.18. The average Bonchev–Trinajstić information content (AvgIpc) is 2.76. The number of benzene rings is 2. The third-order valence-electron chi connectivity index (χ3n) is 5.76. The summed E-state index contributed by atoms with van der Waals surface area (Å²) in [5.74, 6) is 1.21. The first-order valence-electron chi connectivity index (χ1n) is 11.1. The van der Waals surface area contributed by atoms with Crippen molar-refractivity contribution in [2.45, 2.75) is 27.2 Å². The van der Waals surface area contributed by atoms with Gasteiger partial charge in [0.15, 0.2) is 11.5 Å². The molecule has 0 aliphatic carbocycles.